The van der Waals surface area contributed by atoms with Gasteiger partial charge < -0.3 is 14.4 Å². The van der Waals surface area contributed by atoms with Crippen molar-refractivity contribution in [2.24, 2.45) is 10.9 Å². The first-order valence-corrected chi connectivity index (χ1v) is 12.0. The van der Waals surface area contributed by atoms with Crippen molar-refractivity contribution in [3.05, 3.63) is 46.4 Å². The third-order valence-electron chi connectivity index (χ3n) is 6.45. The highest BCUT2D eigenvalue weighted by Crippen LogP contribution is 2.36. The van der Waals surface area contributed by atoms with E-state index in [1.165, 1.54) is 13.1 Å². The third kappa shape index (κ3) is 5.60. The number of alkyl halides is 2. The summed E-state index contributed by atoms with van der Waals surface area (Å²) >= 11 is 6.48. The van der Waals surface area contributed by atoms with Gasteiger partial charge in [-0.15, -0.1) is 0 Å². The average Bonchev–Trinajstić information content (AvgIpc) is 3.33. The van der Waals surface area contributed by atoms with Crippen molar-refractivity contribution < 1.29 is 23.1 Å². The number of urea groups is 1. The van der Waals surface area contributed by atoms with E-state index in [-0.39, 0.29) is 30.5 Å². The van der Waals surface area contributed by atoms with Gasteiger partial charge in [0.1, 0.15) is 18.3 Å². The predicted molar refractivity (Wildman–Crippen MR) is 128 cm³/mol. The standard InChI is InChI=1S/C24H28ClF2N5O3/c1-3-24(26,27)18-11-28-20(8-14(18)2)31-23(34)32-6-4-15(5-7-32)21-19(25)9-16(10-29-21)22-30-17(12-33)13-35-22/h4,9-12,14,17,22,30H,3,5-8,13H2,1-2H3,(H,28,31,34). The number of hydrogen-bond acceptors (Lipinski definition) is 6. The lowest BCUT2D eigenvalue weighted by atomic mass is 9.90. The van der Waals surface area contributed by atoms with Gasteiger partial charge in [0.25, 0.3) is 5.92 Å². The monoisotopic (exact) mass is 507 g/mol. The Morgan fingerprint density at radius 3 is 2.86 bits per heavy atom. The first kappa shape index (κ1) is 25.4. The summed E-state index contributed by atoms with van der Waals surface area (Å²) in [4.78, 5) is 33.8. The number of amidine groups is 1. The molecule has 1 aromatic rings. The molecule has 3 aliphatic heterocycles. The normalized spacial score (nSPS) is 25.0. The van der Waals surface area contributed by atoms with Crippen LogP contribution in [0.25, 0.3) is 5.57 Å². The number of pyridine rings is 1. The van der Waals surface area contributed by atoms with Crippen LogP contribution in [0, 0.1) is 5.92 Å². The highest BCUT2D eigenvalue weighted by Gasteiger charge is 2.37. The third-order valence-corrected chi connectivity index (χ3v) is 6.73. The van der Waals surface area contributed by atoms with Crippen LogP contribution >= 0.6 is 11.6 Å². The molecule has 188 valence electrons. The molecule has 3 unspecified atom stereocenters. The Morgan fingerprint density at radius 1 is 1.46 bits per heavy atom. The van der Waals surface area contributed by atoms with Gasteiger partial charge in [-0.1, -0.05) is 31.5 Å². The van der Waals surface area contributed by atoms with Gasteiger partial charge in [0.05, 0.1) is 23.4 Å². The molecule has 2 amide bonds. The summed E-state index contributed by atoms with van der Waals surface area (Å²) in [6.07, 6.45) is 5.64. The zero-order chi connectivity index (χ0) is 25.2. The zero-order valence-electron chi connectivity index (χ0n) is 19.6. The maximum atomic E-state index is 14.0. The van der Waals surface area contributed by atoms with Gasteiger partial charge in [0.2, 0.25) is 0 Å². The number of aldehydes is 1. The maximum absolute atomic E-state index is 14.0. The number of hydrogen-bond donors (Lipinski definition) is 2. The molecule has 1 fully saturated rings. The summed E-state index contributed by atoms with van der Waals surface area (Å²) < 4.78 is 33.6. The van der Waals surface area contributed by atoms with Crippen molar-refractivity contribution in [1.29, 1.82) is 0 Å². The lowest BCUT2D eigenvalue weighted by molar-refractivity contribution is -0.109. The molecule has 1 saturated heterocycles. The minimum absolute atomic E-state index is 0.00206. The van der Waals surface area contributed by atoms with Crippen molar-refractivity contribution in [1.82, 2.24) is 20.5 Å². The van der Waals surface area contributed by atoms with Crippen LogP contribution in [-0.2, 0) is 9.53 Å². The van der Waals surface area contributed by atoms with Gasteiger partial charge >= 0.3 is 6.03 Å². The zero-order valence-corrected chi connectivity index (χ0v) is 20.3. The summed E-state index contributed by atoms with van der Waals surface area (Å²) in [5.74, 6) is -2.91. The molecule has 0 aliphatic carbocycles. The smallest absolute Gasteiger partial charge is 0.323 e. The summed E-state index contributed by atoms with van der Waals surface area (Å²) in [7, 11) is 0. The van der Waals surface area contributed by atoms with E-state index in [9.17, 15) is 18.4 Å². The van der Waals surface area contributed by atoms with Gasteiger partial charge in [-0.2, -0.15) is 0 Å². The SMILES string of the molecule is CCC(F)(F)C1=CN=C(NC(=O)N2CC=C(c3ncc(C4NC(C=O)CO4)cc3Cl)CC2)CC1C. The number of carbonyl (C=O) groups is 2. The molecule has 0 radical (unpaired) electrons. The van der Waals surface area contributed by atoms with Gasteiger partial charge in [0, 0.05) is 49.5 Å². The number of nitrogens with one attached hydrogen (secondary N) is 2. The molecule has 3 aliphatic rings. The Kier molecular flexibility index (Phi) is 7.63. The molecule has 0 spiro atoms. The van der Waals surface area contributed by atoms with Crippen molar-refractivity contribution in [2.75, 3.05) is 19.7 Å². The maximum Gasteiger partial charge on any atom is 0.323 e. The van der Waals surface area contributed by atoms with Crippen LogP contribution in [0.1, 0.15) is 50.6 Å². The van der Waals surface area contributed by atoms with E-state index in [0.717, 1.165) is 17.4 Å². The Labute approximate surface area is 207 Å². The van der Waals surface area contributed by atoms with E-state index in [0.29, 0.717) is 42.7 Å². The van der Waals surface area contributed by atoms with E-state index >= 15 is 0 Å². The van der Waals surface area contributed by atoms with Crippen LogP contribution in [0.15, 0.2) is 35.1 Å². The minimum atomic E-state index is -2.89. The largest absolute Gasteiger partial charge is 0.357 e. The number of aromatic nitrogens is 1. The molecule has 0 bridgehead atoms. The van der Waals surface area contributed by atoms with Crippen LogP contribution in [0.2, 0.25) is 5.02 Å². The number of aliphatic imine (C=N–C) groups is 1. The second-order valence-electron chi connectivity index (χ2n) is 8.90. The van der Waals surface area contributed by atoms with Crippen LogP contribution in [-0.4, -0.2) is 59.7 Å². The number of nitrogens with zero attached hydrogens (tertiary/aromatic N) is 3. The number of halogens is 3. The summed E-state index contributed by atoms with van der Waals surface area (Å²) in [6, 6.07) is 1.09. The van der Waals surface area contributed by atoms with Gasteiger partial charge in [-0.05, 0) is 24.0 Å². The van der Waals surface area contributed by atoms with Crippen molar-refractivity contribution in [3.63, 3.8) is 0 Å². The van der Waals surface area contributed by atoms with Gasteiger partial charge in [-0.25, -0.2) is 18.6 Å². The lowest BCUT2D eigenvalue weighted by Gasteiger charge is -2.29. The molecular formula is C24H28ClF2N5O3. The lowest BCUT2D eigenvalue weighted by Crippen LogP contribution is -2.45. The summed E-state index contributed by atoms with van der Waals surface area (Å²) in [6.45, 7) is 4.25. The molecule has 4 heterocycles. The van der Waals surface area contributed by atoms with E-state index in [2.05, 4.69) is 20.6 Å². The minimum Gasteiger partial charge on any atom is -0.357 e. The molecular weight excluding hydrogens is 480 g/mol. The number of allylic oxidation sites excluding steroid dienone is 1. The Bertz CT molecular complexity index is 1090. The quantitative estimate of drug-likeness (QED) is 0.585. The van der Waals surface area contributed by atoms with Crippen LogP contribution in [0.3, 0.4) is 0 Å². The fourth-order valence-corrected chi connectivity index (χ4v) is 4.63. The molecule has 8 nitrogen and oxygen atoms in total. The van der Waals surface area contributed by atoms with Crippen LogP contribution in [0.4, 0.5) is 13.6 Å². The van der Waals surface area contributed by atoms with Crippen LogP contribution in [0.5, 0.6) is 0 Å². The number of rotatable bonds is 5. The molecule has 35 heavy (non-hydrogen) atoms. The predicted octanol–water partition coefficient (Wildman–Crippen LogP) is 4.09. The number of amides is 2. The molecule has 0 saturated carbocycles. The molecule has 3 atom stereocenters. The Hall–Kier alpha value is -2.69. The second-order valence-corrected chi connectivity index (χ2v) is 9.31. The fourth-order valence-electron chi connectivity index (χ4n) is 4.33. The Balaban J connectivity index is 1.37. The molecule has 0 aromatic carbocycles. The van der Waals surface area contributed by atoms with Gasteiger partial charge in [-0.3, -0.25) is 15.6 Å². The first-order valence-electron chi connectivity index (χ1n) is 11.6. The fraction of sp³-hybridized carbons (Fsp3) is 0.500. The highest BCUT2D eigenvalue weighted by molar-refractivity contribution is 6.32. The molecule has 4 rings (SSSR count). The van der Waals surface area contributed by atoms with Crippen molar-refractivity contribution in [2.45, 2.75) is 51.3 Å². The first-order chi connectivity index (χ1) is 16.7. The second kappa shape index (κ2) is 10.5. The average molecular weight is 508 g/mol. The Morgan fingerprint density at radius 2 is 2.26 bits per heavy atom. The summed E-state index contributed by atoms with van der Waals surface area (Å²) in [5, 5.41) is 6.26. The number of ether oxygens (including phenoxy) is 1. The van der Waals surface area contributed by atoms with Gasteiger partial charge in [0.15, 0.2) is 0 Å². The van der Waals surface area contributed by atoms with E-state index in [1.54, 1.807) is 24.1 Å². The topological polar surface area (TPSA) is 95.9 Å². The number of carbonyl (C=O) groups excluding carboxylic acids is 2. The van der Waals surface area contributed by atoms with Crippen molar-refractivity contribution in [3.8, 4) is 0 Å². The molecule has 11 heteroatoms. The van der Waals surface area contributed by atoms with E-state index < -0.39 is 18.1 Å². The molecule has 1 aromatic heterocycles. The van der Waals surface area contributed by atoms with E-state index in [4.69, 9.17) is 16.3 Å². The van der Waals surface area contributed by atoms with Crippen molar-refractivity contribution >= 4 is 35.3 Å². The van der Waals surface area contributed by atoms with Crippen LogP contribution < -0.4 is 10.6 Å². The van der Waals surface area contributed by atoms with E-state index in [1.807, 2.05) is 6.08 Å². The summed E-state index contributed by atoms with van der Waals surface area (Å²) in [5.41, 5.74) is 2.30. The molecule has 2 N–H and O–H groups in total. The highest BCUT2D eigenvalue weighted by atomic mass is 35.5.